The van der Waals surface area contributed by atoms with E-state index in [2.05, 4.69) is 10.0 Å². The summed E-state index contributed by atoms with van der Waals surface area (Å²) in [5.74, 6) is 0.489. The number of nitrogens with one attached hydrogen (secondary N) is 2. The molecule has 1 amide bonds. The van der Waals surface area contributed by atoms with Crippen LogP contribution in [-0.2, 0) is 10.0 Å². The average Bonchev–Trinajstić information content (AvgIpc) is 3.39. The molecule has 0 heterocycles. The first kappa shape index (κ1) is 17.5. The standard InChI is InChI=1S/C19H22N2O3S/c1-13-3-4-14(2)18(11-13)25(23,24)21-17-9-7-16(8-10-17)19(22)20-12-15-5-6-15/h3-4,7-11,15,21H,5-6,12H2,1-2H3,(H,20,22). The van der Waals surface area contributed by atoms with E-state index in [0.717, 1.165) is 5.56 Å². The Kier molecular flexibility index (Phi) is 4.81. The number of rotatable bonds is 6. The zero-order chi connectivity index (χ0) is 18.0. The van der Waals surface area contributed by atoms with Crippen LogP contribution in [-0.4, -0.2) is 20.9 Å². The van der Waals surface area contributed by atoms with Gasteiger partial charge in [-0.3, -0.25) is 9.52 Å². The lowest BCUT2D eigenvalue weighted by Gasteiger charge is -2.11. The number of sulfonamides is 1. The fourth-order valence-corrected chi connectivity index (χ4v) is 3.95. The van der Waals surface area contributed by atoms with Crippen molar-refractivity contribution in [3.8, 4) is 0 Å². The summed E-state index contributed by atoms with van der Waals surface area (Å²) in [6.07, 6.45) is 2.36. The summed E-state index contributed by atoms with van der Waals surface area (Å²) >= 11 is 0. The number of benzene rings is 2. The summed E-state index contributed by atoms with van der Waals surface area (Å²) in [4.78, 5) is 12.3. The topological polar surface area (TPSA) is 75.3 Å². The maximum Gasteiger partial charge on any atom is 0.262 e. The van der Waals surface area contributed by atoms with E-state index < -0.39 is 10.0 Å². The smallest absolute Gasteiger partial charge is 0.262 e. The van der Waals surface area contributed by atoms with E-state index in [0.29, 0.717) is 29.3 Å². The third kappa shape index (κ3) is 4.39. The summed E-state index contributed by atoms with van der Waals surface area (Å²) in [7, 11) is -3.66. The molecule has 0 aliphatic heterocycles. The number of carbonyl (C=O) groups is 1. The predicted molar refractivity (Wildman–Crippen MR) is 98.2 cm³/mol. The lowest BCUT2D eigenvalue weighted by Crippen LogP contribution is -2.25. The Labute approximate surface area is 148 Å². The molecule has 1 aliphatic rings. The van der Waals surface area contributed by atoms with Gasteiger partial charge in [0, 0.05) is 17.8 Å². The first-order valence-corrected chi connectivity index (χ1v) is 9.82. The third-order valence-corrected chi connectivity index (χ3v) is 5.80. The SMILES string of the molecule is Cc1ccc(C)c(S(=O)(=O)Nc2ccc(C(=O)NCC3CC3)cc2)c1. The van der Waals surface area contributed by atoms with Gasteiger partial charge >= 0.3 is 0 Å². The molecule has 0 aromatic heterocycles. The fourth-order valence-electron chi connectivity index (χ4n) is 2.56. The molecular weight excluding hydrogens is 336 g/mol. The quantitative estimate of drug-likeness (QED) is 0.832. The molecule has 1 aliphatic carbocycles. The zero-order valence-electron chi connectivity index (χ0n) is 14.4. The van der Waals surface area contributed by atoms with Gasteiger partial charge in [-0.1, -0.05) is 12.1 Å². The molecule has 2 aromatic carbocycles. The molecular formula is C19H22N2O3S. The van der Waals surface area contributed by atoms with Gasteiger partial charge in [0.25, 0.3) is 15.9 Å². The van der Waals surface area contributed by atoms with Gasteiger partial charge in [0.2, 0.25) is 0 Å². The van der Waals surface area contributed by atoms with Gasteiger partial charge in [-0.2, -0.15) is 0 Å². The van der Waals surface area contributed by atoms with Crippen molar-refractivity contribution < 1.29 is 13.2 Å². The molecule has 132 valence electrons. The van der Waals surface area contributed by atoms with Gasteiger partial charge in [-0.05, 0) is 74.1 Å². The van der Waals surface area contributed by atoms with E-state index >= 15 is 0 Å². The molecule has 5 nitrogen and oxygen atoms in total. The largest absolute Gasteiger partial charge is 0.352 e. The van der Waals surface area contributed by atoms with Crippen molar-refractivity contribution in [1.29, 1.82) is 0 Å². The van der Waals surface area contributed by atoms with Gasteiger partial charge in [0.05, 0.1) is 4.90 Å². The molecule has 6 heteroatoms. The van der Waals surface area contributed by atoms with Crippen molar-refractivity contribution in [3.05, 3.63) is 59.2 Å². The maximum atomic E-state index is 12.6. The van der Waals surface area contributed by atoms with Crippen LogP contribution >= 0.6 is 0 Å². The second-order valence-electron chi connectivity index (χ2n) is 6.61. The Morgan fingerprint density at radius 3 is 2.40 bits per heavy atom. The second-order valence-corrected chi connectivity index (χ2v) is 8.26. The van der Waals surface area contributed by atoms with Gasteiger partial charge in [0.1, 0.15) is 0 Å². The van der Waals surface area contributed by atoms with Crippen LogP contribution in [0, 0.1) is 19.8 Å². The summed E-state index contributed by atoms with van der Waals surface area (Å²) in [5, 5.41) is 2.89. The number of aryl methyl sites for hydroxylation is 2. The summed E-state index contributed by atoms with van der Waals surface area (Å²) < 4.78 is 27.7. The molecule has 1 saturated carbocycles. The van der Waals surface area contributed by atoms with Crippen LogP contribution in [0.25, 0.3) is 0 Å². The predicted octanol–water partition coefficient (Wildman–Crippen LogP) is 3.24. The summed E-state index contributed by atoms with van der Waals surface area (Å²) in [6.45, 7) is 4.33. The minimum absolute atomic E-state index is 0.129. The monoisotopic (exact) mass is 358 g/mol. The van der Waals surface area contributed by atoms with E-state index in [-0.39, 0.29) is 10.8 Å². The summed E-state index contributed by atoms with van der Waals surface area (Å²) in [5.41, 5.74) is 2.53. The van der Waals surface area contributed by atoms with Gasteiger partial charge in [-0.15, -0.1) is 0 Å². The molecule has 0 unspecified atom stereocenters. The average molecular weight is 358 g/mol. The fraction of sp³-hybridized carbons (Fsp3) is 0.316. The second kappa shape index (κ2) is 6.88. The van der Waals surface area contributed by atoms with Crippen molar-refractivity contribution in [2.75, 3.05) is 11.3 Å². The summed E-state index contributed by atoms with van der Waals surface area (Å²) in [6, 6.07) is 11.8. The molecule has 0 saturated heterocycles. The zero-order valence-corrected chi connectivity index (χ0v) is 15.2. The normalized spacial score (nSPS) is 14.2. The van der Waals surface area contributed by atoms with E-state index in [1.54, 1.807) is 43.3 Å². The highest BCUT2D eigenvalue weighted by atomic mass is 32.2. The Bertz CT molecular complexity index is 885. The maximum absolute atomic E-state index is 12.6. The van der Waals surface area contributed by atoms with Crippen molar-refractivity contribution in [1.82, 2.24) is 5.32 Å². The van der Waals surface area contributed by atoms with Crippen LogP contribution in [0.15, 0.2) is 47.4 Å². The van der Waals surface area contributed by atoms with Crippen LogP contribution in [0.4, 0.5) is 5.69 Å². The number of hydrogen-bond acceptors (Lipinski definition) is 3. The molecule has 25 heavy (non-hydrogen) atoms. The van der Waals surface area contributed by atoms with Crippen LogP contribution in [0.2, 0.25) is 0 Å². The van der Waals surface area contributed by atoms with Crippen LogP contribution < -0.4 is 10.0 Å². The highest BCUT2D eigenvalue weighted by Gasteiger charge is 2.22. The van der Waals surface area contributed by atoms with E-state index in [9.17, 15) is 13.2 Å². The molecule has 0 radical (unpaired) electrons. The minimum atomic E-state index is -3.66. The van der Waals surface area contributed by atoms with Gasteiger partial charge in [-0.25, -0.2) is 8.42 Å². The molecule has 0 bridgehead atoms. The van der Waals surface area contributed by atoms with E-state index in [1.807, 2.05) is 13.0 Å². The van der Waals surface area contributed by atoms with Crippen molar-refractivity contribution in [2.45, 2.75) is 31.6 Å². The Morgan fingerprint density at radius 2 is 1.76 bits per heavy atom. The molecule has 2 N–H and O–H groups in total. The van der Waals surface area contributed by atoms with Crippen molar-refractivity contribution in [3.63, 3.8) is 0 Å². The van der Waals surface area contributed by atoms with Crippen LogP contribution in [0.5, 0.6) is 0 Å². The first-order chi connectivity index (χ1) is 11.8. The highest BCUT2D eigenvalue weighted by molar-refractivity contribution is 7.92. The Hall–Kier alpha value is -2.34. The van der Waals surface area contributed by atoms with Crippen molar-refractivity contribution >= 4 is 21.6 Å². The third-order valence-electron chi connectivity index (χ3n) is 4.28. The molecule has 0 spiro atoms. The van der Waals surface area contributed by atoms with Gasteiger partial charge in [0.15, 0.2) is 0 Å². The van der Waals surface area contributed by atoms with Crippen molar-refractivity contribution in [2.24, 2.45) is 5.92 Å². The van der Waals surface area contributed by atoms with E-state index in [4.69, 9.17) is 0 Å². The highest BCUT2D eigenvalue weighted by Crippen LogP contribution is 2.27. The lowest BCUT2D eigenvalue weighted by atomic mass is 10.2. The van der Waals surface area contributed by atoms with Gasteiger partial charge < -0.3 is 5.32 Å². The number of carbonyl (C=O) groups excluding carboxylic acids is 1. The molecule has 2 aromatic rings. The van der Waals surface area contributed by atoms with Crippen LogP contribution in [0.3, 0.4) is 0 Å². The number of hydrogen-bond donors (Lipinski definition) is 2. The number of amides is 1. The van der Waals surface area contributed by atoms with E-state index in [1.165, 1.54) is 12.8 Å². The van der Waals surface area contributed by atoms with Crippen LogP contribution in [0.1, 0.15) is 34.3 Å². The Balaban J connectivity index is 1.71. The Morgan fingerprint density at radius 1 is 1.08 bits per heavy atom. The first-order valence-electron chi connectivity index (χ1n) is 8.33. The molecule has 0 atom stereocenters. The lowest BCUT2D eigenvalue weighted by molar-refractivity contribution is 0.0952. The minimum Gasteiger partial charge on any atom is -0.352 e. The molecule has 3 rings (SSSR count). The number of anilines is 1. The molecule has 1 fully saturated rings.